The van der Waals surface area contributed by atoms with Gasteiger partial charge in [-0.3, -0.25) is 4.79 Å². The van der Waals surface area contributed by atoms with Crippen molar-refractivity contribution in [3.05, 3.63) is 28.5 Å². The van der Waals surface area contributed by atoms with Crippen LogP contribution >= 0.6 is 11.6 Å². The minimum atomic E-state index is 0.176. The van der Waals surface area contributed by atoms with Crippen LogP contribution in [-0.4, -0.2) is 22.8 Å². The third-order valence-corrected chi connectivity index (χ3v) is 3.50. The zero-order chi connectivity index (χ0) is 11.5. The molecule has 1 atom stereocenters. The van der Waals surface area contributed by atoms with E-state index < -0.39 is 0 Å². The summed E-state index contributed by atoms with van der Waals surface area (Å²) < 4.78 is 0. The highest BCUT2D eigenvalue weighted by molar-refractivity contribution is 6.30. The maximum Gasteiger partial charge on any atom is 0.210 e. The Labute approximate surface area is 100 Å². The molecule has 1 amide bonds. The van der Waals surface area contributed by atoms with Crippen molar-refractivity contribution in [1.29, 1.82) is 0 Å². The van der Waals surface area contributed by atoms with Crippen LogP contribution in [0.25, 0.3) is 0 Å². The summed E-state index contributed by atoms with van der Waals surface area (Å²) in [5.41, 5.74) is 2.06. The number of piperidine rings is 1. The Bertz CT molecular complexity index is 395. The van der Waals surface area contributed by atoms with E-state index in [-0.39, 0.29) is 6.04 Å². The van der Waals surface area contributed by atoms with Crippen LogP contribution < -0.4 is 0 Å². The second-order valence-electron chi connectivity index (χ2n) is 4.23. The molecule has 0 saturated carbocycles. The van der Waals surface area contributed by atoms with E-state index in [2.05, 4.69) is 4.98 Å². The molecule has 1 aromatic rings. The molecule has 0 radical (unpaired) electrons. The van der Waals surface area contributed by atoms with Gasteiger partial charge in [0, 0.05) is 12.7 Å². The molecular formula is C12H15ClN2O. The van der Waals surface area contributed by atoms with Crippen molar-refractivity contribution in [2.75, 3.05) is 6.54 Å². The normalized spacial score (nSPS) is 20.9. The molecule has 2 heterocycles. The lowest BCUT2D eigenvalue weighted by Crippen LogP contribution is -2.32. The average Bonchev–Trinajstić information content (AvgIpc) is 2.32. The number of aryl methyl sites for hydroxylation is 1. The van der Waals surface area contributed by atoms with Crippen LogP contribution in [0.15, 0.2) is 12.3 Å². The van der Waals surface area contributed by atoms with Crippen LogP contribution in [0.1, 0.15) is 36.4 Å². The Kier molecular flexibility index (Phi) is 3.44. The fourth-order valence-corrected chi connectivity index (χ4v) is 2.30. The lowest BCUT2D eigenvalue weighted by molar-refractivity contribution is -0.121. The summed E-state index contributed by atoms with van der Waals surface area (Å²) in [5, 5.41) is 0.539. The van der Waals surface area contributed by atoms with E-state index in [1.807, 2.05) is 17.9 Å². The third-order valence-electron chi connectivity index (χ3n) is 3.10. The van der Waals surface area contributed by atoms with Crippen molar-refractivity contribution >= 4 is 18.0 Å². The van der Waals surface area contributed by atoms with Gasteiger partial charge in [-0.1, -0.05) is 11.6 Å². The molecule has 1 aliphatic rings. The van der Waals surface area contributed by atoms with Crippen LogP contribution in [0.4, 0.5) is 0 Å². The zero-order valence-electron chi connectivity index (χ0n) is 9.32. The van der Waals surface area contributed by atoms with E-state index in [0.29, 0.717) is 5.15 Å². The van der Waals surface area contributed by atoms with Crippen molar-refractivity contribution < 1.29 is 4.79 Å². The van der Waals surface area contributed by atoms with Gasteiger partial charge < -0.3 is 4.90 Å². The minimum absolute atomic E-state index is 0.176. The van der Waals surface area contributed by atoms with Crippen LogP contribution in [0, 0.1) is 6.92 Å². The first kappa shape index (κ1) is 11.4. The lowest BCUT2D eigenvalue weighted by Gasteiger charge is -2.32. The highest BCUT2D eigenvalue weighted by Crippen LogP contribution is 2.30. The van der Waals surface area contributed by atoms with Gasteiger partial charge in [0.05, 0.1) is 6.04 Å². The van der Waals surface area contributed by atoms with Crippen molar-refractivity contribution in [3.8, 4) is 0 Å². The highest BCUT2D eigenvalue weighted by atomic mass is 35.5. The Morgan fingerprint density at radius 2 is 2.38 bits per heavy atom. The van der Waals surface area contributed by atoms with Gasteiger partial charge in [-0.25, -0.2) is 4.98 Å². The maximum atomic E-state index is 11.0. The quantitative estimate of drug-likeness (QED) is 0.586. The molecule has 0 N–H and O–H groups in total. The molecule has 0 unspecified atom stereocenters. The van der Waals surface area contributed by atoms with E-state index in [1.54, 1.807) is 6.20 Å². The summed E-state index contributed by atoms with van der Waals surface area (Å²) in [4.78, 5) is 17.0. The maximum absolute atomic E-state index is 11.0. The number of likely N-dealkylation sites (tertiary alicyclic amines) is 1. The third kappa shape index (κ3) is 2.19. The second kappa shape index (κ2) is 4.83. The molecule has 4 heteroatoms. The summed E-state index contributed by atoms with van der Waals surface area (Å²) in [7, 11) is 0. The fraction of sp³-hybridized carbons (Fsp3) is 0.500. The fourth-order valence-electron chi connectivity index (χ4n) is 2.20. The van der Waals surface area contributed by atoms with Crippen molar-refractivity contribution in [3.63, 3.8) is 0 Å². The Morgan fingerprint density at radius 1 is 1.56 bits per heavy atom. The number of halogens is 1. The first-order chi connectivity index (χ1) is 7.72. The summed E-state index contributed by atoms with van der Waals surface area (Å²) in [6.07, 6.45) is 5.99. The van der Waals surface area contributed by atoms with Crippen molar-refractivity contribution in [2.24, 2.45) is 0 Å². The summed E-state index contributed by atoms with van der Waals surface area (Å²) in [6.45, 7) is 2.78. The number of rotatable bonds is 2. The van der Waals surface area contributed by atoms with Gasteiger partial charge >= 0.3 is 0 Å². The van der Waals surface area contributed by atoms with E-state index >= 15 is 0 Å². The molecule has 3 nitrogen and oxygen atoms in total. The number of amides is 1. The number of carbonyl (C=O) groups is 1. The molecule has 0 aromatic carbocycles. The molecule has 1 aliphatic heterocycles. The molecule has 86 valence electrons. The van der Waals surface area contributed by atoms with Crippen molar-refractivity contribution in [1.82, 2.24) is 9.88 Å². The van der Waals surface area contributed by atoms with E-state index in [1.165, 1.54) is 0 Å². The average molecular weight is 239 g/mol. The standard InChI is InChI=1S/C12H15ClN2O/c1-9-6-10(7-14-12(9)13)11-4-2-3-5-15(11)8-16/h6-8,11H,2-5H2,1H3/t11-/m0/s1. The van der Waals surface area contributed by atoms with Crippen LogP contribution in [-0.2, 0) is 4.79 Å². The Morgan fingerprint density at radius 3 is 3.06 bits per heavy atom. The molecule has 1 aromatic heterocycles. The second-order valence-corrected chi connectivity index (χ2v) is 4.59. The zero-order valence-corrected chi connectivity index (χ0v) is 10.1. The molecule has 2 rings (SSSR count). The highest BCUT2D eigenvalue weighted by Gasteiger charge is 2.23. The minimum Gasteiger partial charge on any atom is -0.338 e. The van der Waals surface area contributed by atoms with Gasteiger partial charge in [-0.15, -0.1) is 0 Å². The van der Waals surface area contributed by atoms with Gasteiger partial charge in [0.25, 0.3) is 0 Å². The van der Waals surface area contributed by atoms with Gasteiger partial charge in [0.15, 0.2) is 0 Å². The summed E-state index contributed by atoms with van der Waals surface area (Å²) in [6, 6.07) is 2.21. The topological polar surface area (TPSA) is 33.2 Å². The summed E-state index contributed by atoms with van der Waals surface area (Å²) in [5.74, 6) is 0. The monoisotopic (exact) mass is 238 g/mol. The number of pyridine rings is 1. The SMILES string of the molecule is Cc1cc([C@@H]2CCCCN2C=O)cnc1Cl. The predicted molar refractivity (Wildman–Crippen MR) is 63.3 cm³/mol. The van der Waals surface area contributed by atoms with Crippen LogP contribution in [0.2, 0.25) is 5.15 Å². The first-order valence-electron chi connectivity index (χ1n) is 5.55. The first-order valence-corrected chi connectivity index (χ1v) is 5.93. The van der Waals surface area contributed by atoms with Crippen LogP contribution in [0.3, 0.4) is 0 Å². The molecule has 1 fully saturated rings. The largest absolute Gasteiger partial charge is 0.338 e. The number of hydrogen-bond acceptors (Lipinski definition) is 2. The summed E-state index contributed by atoms with van der Waals surface area (Å²) >= 11 is 5.90. The van der Waals surface area contributed by atoms with Crippen LogP contribution in [0.5, 0.6) is 0 Å². The molecule has 0 bridgehead atoms. The number of aromatic nitrogens is 1. The predicted octanol–water partition coefficient (Wildman–Crippen LogP) is 2.73. The smallest absolute Gasteiger partial charge is 0.210 e. The Balaban J connectivity index is 2.27. The number of carbonyl (C=O) groups excluding carboxylic acids is 1. The van der Waals surface area contributed by atoms with Crippen molar-refractivity contribution in [2.45, 2.75) is 32.2 Å². The van der Waals surface area contributed by atoms with E-state index in [9.17, 15) is 4.79 Å². The van der Waals surface area contributed by atoms with Gasteiger partial charge in [-0.2, -0.15) is 0 Å². The molecule has 1 saturated heterocycles. The van der Waals surface area contributed by atoms with Gasteiger partial charge in [-0.05, 0) is 43.4 Å². The van der Waals surface area contributed by atoms with Gasteiger partial charge in [0.1, 0.15) is 5.15 Å². The van der Waals surface area contributed by atoms with E-state index in [4.69, 9.17) is 11.6 Å². The molecule has 0 aliphatic carbocycles. The molecule has 0 spiro atoms. The lowest BCUT2D eigenvalue weighted by atomic mass is 9.96. The molecule has 16 heavy (non-hydrogen) atoms. The van der Waals surface area contributed by atoms with E-state index in [0.717, 1.165) is 43.3 Å². The molecular weight excluding hydrogens is 224 g/mol. The Hall–Kier alpha value is -1.09. The number of nitrogens with zero attached hydrogens (tertiary/aromatic N) is 2. The number of hydrogen-bond donors (Lipinski definition) is 0. The van der Waals surface area contributed by atoms with Gasteiger partial charge in [0.2, 0.25) is 6.41 Å².